The van der Waals surface area contributed by atoms with Crippen molar-refractivity contribution in [3.05, 3.63) is 24.3 Å². The second-order valence-electron chi connectivity index (χ2n) is 5.62. The van der Waals surface area contributed by atoms with Crippen LogP contribution in [-0.4, -0.2) is 37.6 Å². The molecule has 0 heterocycles. The summed E-state index contributed by atoms with van der Waals surface area (Å²) in [6, 6.07) is 6.29. The van der Waals surface area contributed by atoms with E-state index in [0.29, 0.717) is 18.8 Å². The molecule has 5 nitrogen and oxygen atoms in total. The predicted molar refractivity (Wildman–Crippen MR) is 99.0 cm³/mol. The summed E-state index contributed by atoms with van der Waals surface area (Å²) in [6.45, 7) is 5.16. The molecule has 24 heavy (non-hydrogen) atoms. The van der Waals surface area contributed by atoms with Crippen molar-refractivity contribution in [1.29, 1.82) is 0 Å². The van der Waals surface area contributed by atoms with Crippen molar-refractivity contribution in [1.82, 2.24) is 4.31 Å². The molecule has 1 N–H and O–H groups in total. The topological polar surface area (TPSA) is 66.5 Å². The minimum atomic E-state index is -3.50. The number of benzene rings is 1. The van der Waals surface area contributed by atoms with Gasteiger partial charge >= 0.3 is 0 Å². The quantitative estimate of drug-likeness (QED) is 0.598. The molecule has 1 aromatic rings. The van der Waals surface area contributed by atoms with Gasteiger partial charge in [0.05, 0.1) is 4.90 Å². The Morgan fingerprint density at radius 2 is 1.62 bits per heavy atom. The molecule has 0 radical (unpaired) electrons. The number of anilines is 1. The molecule has 0 bridgehead atoms. The zero-order chi connectivity index (χ0) is 18.0. The van der Waals surface area contributed by atoms with Gasteiger partial charge in [0.25, 0.3) is 0 Å². The van der Waals surface area contributed by atoms with Crippen LogP contribution in [0.5, 0.6) is 0 Å². The van der Waals surface area contributed by atoms with Crippen molar-refractivity contribution in [2.24, 2.45) is 0 Å². The molecule has 1 rings (SSSR count). The molecule has 0 unspecified atom stereocenters. The Bertz CT molecular complexity index is 595. The zero-order valence-electron chi connectivity index (χ0n) is 14.4. The van der Waals surface area contributed by atoms with Crippen molar-refractivity contribution in [2.75, 3.05) is 24.3 Å². The average molecular weight is 375 g/mol. The molecule has 0 aromatic heterocycles. The van der Waals surface area contributed by atoms with E-state index in [1.165, 1.54) is 12.1 Å². The van der Waals surface area contributed by atoms with Crippen LogP contribution in [0.2, 0.25) is 0 Å². The third-order valence-corrected chi connectivity index (χ3v) is 5.72. The van der Waals surface area contributed by atoms with Gasteiger partial charge in [0.15, 0.2) is 0 Å². The summed E-state index contributed by atoms with van der Waals surface area (Å²) in [7, 11) is -3.50. The van der Waals surface area contributed by atoms with E-state index in [4.69, 9.17) is 11.6 Å². The fraction of sp³-hybridized carbons (Fsp3) is 0.588. The molecule has 1 aromatic carbocycles. The van der Waals surface area contributed by atoms with Crippen LogP contribution in [-0.2, 0) is 14.8 Å². The Kier molecular flexibility index (Phi) is 9.33. The largest absolute Gasteiger partial charge is 0.326 e. The van der Waals surface area contributed by atoms with Crippen LogP contribution in [0.25, 0.3) is 0 Å². The summed E-state index contributed by atoms with van der Waals surface area (Å²) >= 11 is 5.52. The number of halogens is 1. The molecule has 0 atom stereocenters. The SMILES string of the molecule is CCCCN(CCCC)S(=O)(=O)c1ccc(NC(=O)CCCl)cc1. The summed E-state index contributed by atoms with van der Waals surface area (Å²) < 4.78 is 27.2. The number of sulfonamides is 1. The number of amides is 1. The van der Waals surface area contributed by atoms with Gasteiger partial charge in [-0.25, -0.2) is 8.42 Å². The second kappa shape index (κ2) is 10.7. The maximum atomic E-state index is 12.8. The lowest BCUT2D eigenvalue weighted by Gasteiger charge is -2.22. The van der Waals surface area contributed by atoms with Gasteiger partial charge in [-0.05, 0) is 37.1 Å². The van der Waals surface area contributed by atoms with Crippen molar-refractivity contribution in [3.63, 3.8) is 0 Å². The van der Waals surface area contributed by atoms with Gasteiger partial charge in [-0.15, -0.1) is 11.6 Å². The van der Waals surface area contributed by atoms with E-state index < -0.39 is 10.0 Å². The number of unbranched alkanes of at least 4 members (excludes halogenated alkanes) is 2. The monoisotopic (exact) mass is 374 g/mol. The van der Waals surface area contributed by atoms with E-state index in [9.17, 15) is 13.2 Å². The van der Waals surface area contributed by atoms with Crippen LogP contribution in [0.15, 0.2) is 29.2 Å². The van der Waals surface area contributed by atoms with Crippen LogP contribution in [0, 0.1) is 0 Å². The molecule has 0 fully saturated rings. The van der Waals surface area contributed by atoms with E-state index in [0.717, 1.165) is 25.7 Å². The Balaban J connectivity index is 2.88. The Hall–Kier alpha value is -1.11. The Labute approximate surface area is 150 Å². The normalized spacial score (nSPS) is 11.7. The van der Waals surface area contributed by atoms with E-state index in [1.807, 2.05) is 13.8 Å². The van der Waals surface area contributed by atoms with Crippen LogP contribution >= 0.6 is 11.6 Å². The second-order valence-corrected chi connectivity index (χ2v) is 7.94. The average Bonchev–Trinajstić information content (AvgIpc) is 2.55. The molecular weight excluding hydrogens is 348 g/mol. The first kappa shape index (κ1) is 20.9. The standard InChI is InChI=1S/C17H27ClN2O3S/c1-3-5-13-20(14-6-4-2)24(22,23)16-9-7-15(8-10-16)19-17(21)11-12-18/h7-10H,3-6,11-14H2,1-2H3,(H,19,21). The number of carbonyl (C=O) groups is 1. The lowest BCUT2D eigenvalue weighted by atomic mass is 10.3. The van der Waals surface area contributed by atoms with Crippen LogP contribution in [0.1, 0.15) is 46.0 Å². The van der Waals surface area contributed by atoms with Crippen LogP contribution in [0.3, 0.4) is 0 Å². The molecular formula is C17H27ClN2O3S. The number of carbonyl (C=O) groups excluding carboxylic acids is 1. The molecule has 0 aliphatic carbocycles. The van der Waals surface area contributed by atoms with Gasteiger partial charge in [-0.1, -0.05) is 26.7 Å². The molecule has 136 valence electrons. The van der Waals surface area contributed by atoms with E-state index in [1.54, 1.807) is 16.4 Å². The number of rotatable bonds is 11. The highest BCUT2D eigenvalue weighted by molar-refractivity contribution is 7.89. The number of alkyl halides is 1. The molecule has 0 saturated carbocycles. The zero-order valence-corrected chi connectivity index (χ0v) is 16.0. The minimum absolute atomic E-state index is 0.187. The van der Waals surface area contributed by atoms with Gasteiger partial charge in [0, 0.05) is 31.1 Å². The predicted octanol–water partition coefficient (Wildman–Crippen LogP) is 3.84. The molecule has 0 aliphatic rings. The summed E-state index contributed by atoms with van der Waals surface area (Å²) in [4.78, 5) is 11.8. The smallest absolute Gasteiger partial charge is 0.243 e. The Morgan fingerprint density at radius 3 is 2.08 bits per heavy atom. The van der Waals surface area contributed by atoms with Crippen molar-refractivity contribution in [3.8, 4) is 0 Å². The molecule has 1 amide bonds. The van der Waals surface area contributed by atoms with Crippen LogP contribution in [0.4, 0.5) is 5.69 Å². The summed E-state index contributed by atoms with van der Waals surface area (Å²) in [5.74, 6) is 0.0652. The Morgan fingerprint density at radius 1 is 1.08 bits per heavy atom. The van der Waals surface area contributed by atoms with E-state index in [2.05, 4.69) is 5.32 Å². The van der Waals surface area contributed by atoms with E-state index >= 15 is 0 Å². The summed E-state index contributed by atoms with van der Waals surface area (Å²) in [5.41, 5.74) is 0.567. The van der Waals surface area contributed by atoms with E-state index in [-0.39, 0.29) is 23.1 Å². The number of hydrogen-bond donors (Lipinski definition) is 1. The van der Waals surface area contributed by atoms with Gasteiger partial charge < -0.3 is 5.32 Å². The highest BCUT2D eigenvalue weighted by atomic mass is 35.5. The first-order chi connectivity index (χ1) is 11.5. The van der Waals surface area contributed by atoms with Crippen LogP contribution < -0.4 is 5.32 Å². The van der Waals surface area contributed by atoms with Gasteiger partial charge in [0.1, 0.15) is 0 Å². The third-order valence-electron chi connectivity index (χ3n) is 3.62. The van der Waals surface area contributed by atoms with Gasteiger partial charge in [-0.3, -0.25) is 4.79 Å². The summed E-state index contributed by atoms with van der Waals surface area (Å²) in [6.07, 6.45) is 3.81. The number of nitrogens with one attached hydrogen (secondary N) is 1. The molecule has 0 aliphatic heterocycles. The van der Waals surface area contributed by atoms with Crippen molar-refractivity contribution >= 4 is 33.2 Å². The lowest BCUT2D eigenvalue weighted by Crippen LogP contribution is -2.33. The molecule has 0 spiro atoms. The number of nitrogens with zero attached hydrogens (tertiary/aromatic N) is 1. The fourth-order valence-corrected chi connectivity index (χ4v) is 3.88. The maximum Gasteiger partial charge on any atom is 0.243 e. The van der Waals surface area contributed by atoms with Gasteiger partial charge in [-0.2, -0.15) is 4.31 Å². The number of hydrogen-bond acceptors (Lipinski definition) is 3. The first-order valence-electron chi connectivity index (χ1n) is 8.41. The third kappa shape index (κ3) is 6.42. The maximum absolute atomic E-state index is 12.8. The molecule has 0 saturated heterocycles. The highest BCUT2D eigenvalue weighted by Crippen LogP contribution is 2.20. The van der Waals surface area contributed by atoms with Gasteiger partial charge in [0.2, 0.25) is 15.9 Å². The first-order valence-corrected chi connectivity index (χ1v) is 10.4. The fourth-order valence-electron chi connectivity index (χ4n) is 2.19. The van der Waals surface area contributed by atoms with Crippen molar-refractivity contribution in [2.45, 2.75) is 50.8 Å². The minimum Gasteiger partial charge on any atom is -0.326 e. The molecule has 7 heteroatoms. The van der Waals surface area contributed by atoms with Crippen molar-refractivity contribution < 1.29 is 13.2 Å². The summed E-state index contributed by atoms with van der Waals surface area (Å²) in [5, 5.41) is 2.69. The lowest BCUT2D eigenvalue weighted by molar-refractivity contribution is -0.115. The highest BCUT2D eigenvalue weighted by Gasteiger charge is 2.23.